The molecule has 1 heterocycles. The molecule has 0 aliphatic rings. The number of hydrogen-bond donors (Lipinski definition) is 2. The van der Waals surface area contributed by atoms with E-state index in [1.807, 2.05) is 39.0 Å². The summed E-state index contributed by atoms with van der Waals surface area (Å²) >= 11 is 6.24. The van der Waals surface area contributed by atoms with Crippen molar-refractivity contribution in [2.75, 3.05) is 13.1 Å². The molecule has 2 N–H and O–H groups in total. The highest BCUT2D eigenvalue weighted by Gasteiger charge is 2.16. The van der Waals surface area contributed by atoms with Gasteiger partial charge in [-0.25, -0.2) is 9.07 Å². The van der Waals surface area contributed by atoms with Crippen LogP contribution in [0.4, 0.5) is 4.39 Å². The van der Waals surface area contributed by atoms with E-state index in [2.05, 4.69) is 15.7 Å². The lowest BCUT2D eigenvalue weighted by Crippen LogP contribution is -2.35. The number of nitrogens with zero attached hydrogens (tertiary/aromatic N) is 2. The summed E-state index contributed by atoms with van der Waals surface area (Å²) in [6, 6.07) is 10.0. The molecule has 1 aromatic heterocycles. The normalized spacial score (nSPS) is 10.8. The van der Waals surface area contributed by atoms with Crippen LogP contribution in [0.2, 0.25) is 5.02 Å². The van der Waals surface area contributed by atoms with E-state index in [-0.39, 0.29) is 36.9 Å². The molecule has 168 valence electrons. The first-order chi connectivity index (χ1) is 15.2. The lowest BCUT2D eigenvalue weighted by atomic mass is 10.1. The molecular formula is C24H26ClFN4O2. The van der Waals surface area contributed by atoms with Gasteiger partial charge in [0.05, 0.1) is 17.8 Å². The molecule has 3 aromatic rings. The molecule has 32 heavy (non-hydrogen) atoms. The van der Waals surface area contributed by atoms with Crippen LogP contribution in [-0.4, -0.2) is 34.7 Å². The van der Waals surface area contributed by atoms with Gasteiger partial charge in [0, 0.05) is 34.9 Å². The average Bonchev–Trinajstić information content (AvgIpc) is 3.03. The van der Waals surface area contributed by atoms with E-state index in [1.54, 1.807) is 23.7 Å². The Morgan fingerprint density at radius 3 is 2.38 bits per heavy atom. The van der Waals surface area contributed by atoms with Crippen molar-refractivity contribution in [1.82, 2.24) is 20.4 Å². The molecule has 8 heteroatoms. The molecule has 2 aromatic carbocycles. The molecule has 0 spiro atoms. The average molecular weight is 457 g/mol. The summed E-state index contributed by atoms with van der Waals surface area (Å²) in [6.07, 6.45) is 0.175. The van der Waals surface area contributed by atoms with Gasteiger partial charge in [-0.15, -0.1) is 0 Å². The van der Waals surface area contributed by atoms with Crippen LogP contribution in [0.1, 0.15) is 38.4 Å². The predicted molar refractivity (Wildman–Crippen MR) is 123 cm³/mol. The molecule has 0 radical (unpaired) electrons. The van der Waals surface area contributed by atoms with Gasteiger partial charge in [-0.1, -0.05) is 23.7 Å². The summed E-state index contributed by atoms with van der Waals surface area (Å²) in [6.45, 7) is 7.85. The van der Waals surface area contributed by atoms with Gasteiger partial charge in [0.2, 0.25) is 5.91 Å². The van der Waals surface area contributed by atoms with Crippen molar-refractivity contribution >= 4 is 23.4 Å². The number of amides is 2. The van der Waals surface area contributed by atoms with E-state index in [0.29, 0.717) is 10.6 Å². The van der Waals surface area contributed by atoms with Crippen LogP contribution in [0.25, 0.3) is 5.69 Å². The van der Waals surface area contributed by atoms with Crippen LogP contribution < -0.4 is 10.6 Å². The topological polar surface area (TPSA) is 76.0 Å². The van der Waals surface area contributed by atoms with Crippen molar-refractivity contribution < 1.29 is 14.0 Å². The summed E-state index contributed by atoms with van der Waals surface area (Å²) in [5.41, 5.74) is 5.02. The Morgan fingerprint density at radius 1 is 1.00 bits per heavy atom. The molecular weight excluding hydrogens is 431 g/mol. The monoisotopic (exact) mass is 456 g/mol. The molecule has 0 atom stereocenters. The summed E-state index contributed by atoms with van der Waals surface area (Å²) < 4.78 is 15.4. The van der Waals surface area contributed by atoms with Crippen molar-refractivity contribution in [3.05, 3.63) is 80.9 Å². The van der Waals surface area contributed by atoms with Gasteiger partial charge in [-0.05, 0) is 63.1 Å². The number of nitrogens with one attached hydrogen (secondary N) is 2. The first kappa shape index (κ1) is 23.5. The summed E-state index contributed by atoms with van der Waals surface area (Å²) in [5.74, 6) is -0.985. The minimum absolute atomic E-state index is 0.173. The molecule has 0 aliphatic heterocycles. The molecule has 0 saturated heterocycles. The summed E-state index contributed by atoms with van der Waals surface area (Å²) in [7, 11) is 0. The molecule has 0 aliphatic carbocycles. The first-order valence-corrected chi connectivity index (χ1v) is 10.7. The van der Waals surface area contributed by atoms with Gasteiger partial charge >= 0.3 is 0 Å². The Bertz CT molecular complexity index is 1170. The SMILES string of the molecule is Cc1ccc(C(=O)NCCNC(=O)Cc2c(C)nn(-c3ccc(C)c(Cl)c3)c2C)cc1F. The molecule has 0 bridgehead atoms. The lowest BCUT2D eigenvalue weighted by molar-refractivity contribution is -0.120. The Kier molecular flexibility index (Phi) is 7.30. The van der Waals surface area contributed by atoms with Crippen LogP contribution in [0.3, 0.4) is 0 Å². The summed E-state index contributed by atoms with van der Waals surface area (Å²) in [5, 5.41) is 10.7. The second kappa shape index (κ2) is 9.96. The van der Waals surface area contributed by atoms with Crippen LogP contribution in [0.5, 0.6) is 0 Å². The zero-order valence-electron chi connectivity index (χ0n) is 18.6. The van der Waals surface area contributed by atoms with E-state index < -0.39 is 5.82 Å². The zero-order valence-corrected chi connectivity index (χ0v) is 19.3. The third kappa shape index (κ3) is 5.34. The number of rotatable bonds is 7. The van der Waals surface area contributed by atoms with Crippen LogP contribution in [0.15, 0.2) is 36.4 Å². The van der Waals surface area contributed by atoms with Crippen molar-refractivity contribution in [2.24, 2.45) is 0 Å². The van der Waals surface area contributed by atoms with E-state index >= 15 is 0 Å². The molecule has 2 amide bonds. The van der Waals surface area contributed by atoms with Crippen LogP contribution >= 0.6 is 11.6 Å². The molecule has 0 fully saturated rings. The number of aromatic nitrogens is 2. The maximum absolute atomic E-state index is 13.6. The third-order valence-corrected chi connectivity index (χ3v) is 5.75. The fourth-order valence-corrected chi connectivity index (χ4v) is 3.51. The highest BCUT2D eigenvalue weighted by Crippen LogP contribution is 2.23. The fourth-order valence-electron chi connectivity index (χ4n) is 3.33. The zero-order chi connectivity index (χ0) is 23.4. The van der Waals surface area contributed by atoms with Gasteiger partial charge in [-0.2, -0.15) is 5.10 Å². The number of aryl methyl sites for hydroxylation is 3. The minimum atomic E-state index is -0.426. The number of benzene rings is 2. The maximum atomic E-state index is 13.6. The van der Waals surface area contributed by atoms with E-state index in [1.165, 1.54) is 6.07 Å². The number of hydrogen-bond acceptors (Lipinski definition) is 3. The van der Waals surface area contributed by atoms with Crippen molar-refractivity contribution in [3.8, 4) is 5.69 Å². The van der Waals surface area contributed by atoms with Gasteiger partial charge in [-0.3, -0.25) is 9.59 Å². The van der Waals surface area contributed by atoms with Gasteiger partial charge < -0.3 is 10.6 Å². The second-order valence-electron chi connectivity index (χ2n) is 7.74. The summed E-state index contributed by atoms with van der Waals surface area (Å²) in [4.78, 5) is 24.5. The van der Waals surface area contributed by atoms with Gasteiger partial charge in [0.15, 0.2) is 0 Å². The first-order valence-electron chi connectivity index (χ1n) is 10.3. The van der Waals surface area contributed by atoms with E-state index in [0.717, 1.165) is 28.2 Å². The smallest absolute Gasteiger partial charge is 0.251 e. The standard InChI is InChI=1S/C24H26ClFN4O2/c1-14-6-8-19(12-21(14)25)30-17(4)20(16(3)29-30)13-23(31)27-9-10-28-24(32)18-7-5-15(2)22(26)11-18/h5-8,11-12H,9-10,13H2,1-4H3,(H,27,31)(H,28,32). The second-order valence-corrected chi connectivity index (χ2v) is 8.15. The highest BCUT2D eigenvalue weighted by atomic mass is 35.5. The molecule has 3 rings (SSSR count). The van der Waals surface area contributed by atoms with Crippen LogP contribution in [-0.2, 0) is 11.2 Å². The van der Waals surface area contributed by atoms with E-state index in [9.17, 15) is 14.0 Å². The van der Waals surface area contributed by atoms with Crippen LogP contribution in [0, 0.1) is 33.5 Å². The highest BCUT2D eigenvalue weighted by molar-refractivity contribution is 6.31. The van der Waals surface area contributed by atoms with Gasteiger partial charge in [0.1, 0.15) is 5.82 Å². The Morgan fingerprint density at radius 2 is 1.69 bits per heavy atom. The lowest BCUT2D eigenvalue weighted by Gasteiger charge is -2.09. The molecule has 0 unspecified atom stereocenters. The Balaban J connectivity index is 1.55. The van der Waals surface area contributed by atoms with Crippen molar-refractivity contribution in [1.29, 1.82) is 0 Å². The quantitative estimate of drug-likeness (QED) is 0.528. The Hall–Kier alpha value is -3.19. The number of carbonyl (C=O) groups excluding carboxylic acids is 2. The predicted octanol–water partition coefficient (Wildman–Crippen LogP) is 3.99. The van der Waals surface area contributed by atoms with Gasteiger partial charge in [0.25, 0.3) is 5.91 Å². The van der Waals surface area contributed by atoms with Crippen molar-refractivity contribution in [2.45, 2.75) is 34.1 Å². The Labute approximate surface area is 191 Å². The molecule has 6 nitrogen and oxygen atoms in total. The number of halogens is 2. The van der Waals surface area contributed by atoms with E-state index in [4.69, 9.17) is 11.6 Å². The third-order valence-electron chi connectivity index (χ3n) is 5.35. The maximum Gasteiger partial charge on any atom is 0.251 e. The molecule has 0 saturated carbocycles. The number of carbonyl (C=O) groups is 2. The fraction of sp³-hybridized carbons (Fsp3) is 0.292. The minimum Gasteiger partial charge on any atom is -0.354 e. The van der Waals surface area contributed by atoms with Crippen molar-refractivity contribution in [3.63, 3.8) is 0 Å². The largest absolute Gasteiger partial charge is 0.354 e.